The fourth-order valence-corrected chi connectivity index (χ4v) is 3.81. The normalized spacial score (nSPS) is 32.6. The topological polar surface area (TPSA) is 40.5 Å². The average molecular weight is 265 g/mol. The minimum absolute atomic E-state index is 0.0679. The van der Waals surface area contributed by atoms with E-state index in [1.54, 1.807) is 0 Å². The third kappa shape index (κ3) is 1.79. The molecule has 0 aromatic carbocycles. The Morgan fingerprint density at radius 3 is 2.89 bits per heavy atom. The molecule has 2 atom stereocenters. The Hall–Kier alpha value is -0.870. The maximum atomic E-state index is 12.3. The highest BCUT2D eigenvalue weighted by Crippen LogP contribution is 2.44. The van der Waals surface area contributed by atoms with Crippen molar-refractivity contribution in [2.75, 3.05) is 13.1 Å². The quantitative estimate of drug-likeness (QED) is 0.892. The van der Waals surface area contributed by atoms with Crippen LogP contribution in [0.1, 0.15) is 36.5 Å². The van der Waals surface area contributed by atoms with Gasteiger partial charge in [-0.2, -0.15) is 11.3 Å². The average Bonchev–Trinajstić information content (AvgIpc) is 2.85. The van der Waals surface area contributed by atoms with Crippen LogP contribution in [-0.2, 0) is 0 Å². The van der Waals surface area contributed by atoms with E-state index in [0.29, 0.717) is 19.0 Å². The van der Waals surface area contributed by atoms with Crippen LogP contribution in [-0.4, -0.2) is 34.6 Å². The van der Waals surface area contributed by atoms with Gasteiger partial charge in [0, 0.05) is 17.8 Å². The minimum Gasteiger partial charge on any atom is -0.387 e. The Morgan fingerprint density at radius 1 is 1.56 bits per heavy atom. The molecule has 98 valence electrons. The second-order valence-electron chi connectivity index (χ2n) is 5.72. The summed E-state index contributed by atoms with van der Waals surface area (Å²) in [6, 6.07) is 1.86. The smallest absolute Gasteiger partial charge is 0.254 e. The van der Waals surface area contributed by atoms with Crippen molar-refractivity contribution in [3.63, 3.8) is 0 Å². The predicted octanol–water partition coefficient (Wildman–Crippen LogP) is 2.37. The molecule has 0 unspecified atom stereocenters. The molecule has 1 aliphatic heterocycles. The SMILES string of the molecule is C[C@@H]1CN(C(=O)c2ccsc2)C[C@@]1(O)C1CCC1. The molecular weight excluding hydrogens is 246 g/mol. The number of carbonyl (C=O) groups is 1. The number of thiophene rings is 1. The number of hydrogen-bond acceptors (Lipinski definition) is 3. The Morgan fingerprint density at radius 2 is 2.33 bits per heavy atom. The lowest BCUT2D eigenvalue weighted by atomic mass is 9.69. The Bertz CT molecular complexity index is 441. The van der Waals surface area contributed by atoms with Crippen molar-refractivity contribution in [1.82, 2.24) is 4.90 Å². The van der Waals surface area contributed by atoms with E-state index in [1.165, 1.54) is 17.8 Å². The summed E-state index contributed by atoms with van der Waals surface area (Å²) in [6.45, 7) is 3.26. The van der Waals surface area contributed by atoms with Crippen molar-refractivity contribution in [2.24, 2.45) is 11.8 Å². The van der Waals surface area contributed by atoms with Crippen LogP contribution in [0, 0.1) is 11.8 Å². The van der Waals surface area contributed by atoms with Crippen LogP contribution in [0.25, 0.3) is 0 Å². The second-order valence-corrected chi connectivity index (χ2v) is 6.50. The fraction of sp³-hybridized carbons (Fsp3) is 0.643. The number of β-amino-alcohol motifs (C(OH)–C–C–N with tert-alkyl or cyclic N) is 1. The van der Waals surface area contributed by atoms with Crippen molar-refractivity contribution in [3.05, 3.63) is 22.4 Å². The lowest BCUT2D eigenvalue weighted by Crippen LogP contribution is -2.48. The molecule has 1 N–H and O–H groups in total. The van der Waals surface area contributed by atoms with Gasteiger partial charge in [-0.15, -0.1) is 0 Å². The van der Waals surface area contributed by atoms with Crippen LogP contribution in [0.3, 0.4) is 0 Å². The van der Waals surface area contributed by atoms with Gasteiger partial charge in [0.25, 0.3) is 5.91 Å². The van der Waals surface area contributed by atoms with Crippen molar-refractivity contribution in [1.29, 1.82) is 0 Å². The first kappa shape index (κ1) is 12.2. The van der Waals surface area contributed by atoms with E-state index in [0.717, 1.165) is 18.4 Å². The minimum atomic E-state index is -0.649. The lowest BCUT2D eigenvalue weighted by Gasteiger charge is -2.41. The molecule has 0 radical (unpaired) electrons. The van der Waals surface area contributed by atoms with Gasteiger partial charge in [0.15, 0.2) is 0 Å². The highest BCUT2D eigenvalue weighted by Gasteiger charge is 2.51. The first-order valence-corrected chi connectivity index (χ1v) is 7.59. The molecule has 2 fully saturated rings. The number of amides is 1. The Kier molecular flexibility index (Phi) is 2.94. The summed E-state index contributed by atoms with van der Waals surface area (Å²) < 4.78 is 0. The summed E-state index contributed by atoms with van der Waals surface area (Å²) in [5, 5.41) is 14.6. The van der Waals surface area contributed by atoms with Gasteiger partial charge in [0.2, 0.25) is 0 Å². The van der Waals surface area contributed by atoms with E-state index in [9.17, 15) is 9.90 Å². The largest absolute Gasteiger partial charge is 0.387 e. The summed E-state index contributed by atoms with van der Waals surface area (Å²) in [6.07, 6.45) is 3.45. The number of rotatable bonds is 2. The summed E-state index contributed by atoms with van der Waals surface area (Å²) in [7, 11) is 0. The van der Waals surface area contributed by atoms with Crippen molar-refractivity contribution >= 4 is 17.2 Å². The van der Waals surface area contributed by atoms with Crippen LogP contribution < -0.4 is 0 Å². The summed E-state index contributed by atoms with van der Waals surface area (Å²) >= 11 is 1.54. The molecule has 3 rings (SSSR count). The van der Waals surface area contributed by atoms with Gasteiger partial charge in [-0.3, -0.25) is 4.79 Å². The molecule has 1 saturated carbocycles. The van der Waals surface area contributed by atoms with Crippen LogP contribution in [0.5, 0.6) is 0 Å². The zero-order chi connectivity index (χ0) is 12.8. The van der Waals surface area contributed by atoms with Gasteiger partial charge in [-0.25, -0.2) is 0 Å². The monoisotopic (exact) mass is 265 g/mol. The molecule has 1 saturated heterocycles. The zero-order valence-corrected chi connectivity index (χ0v) is 11.4. The third-order valence-electron chi connectivity index (χ3n) is 4.66. The van der Waals surface area contributed by atoms with Crippen LogP contribution in [0.15, 0.2) is 16.8 Å². The number of nitrogens with zero attached hydrogens (tertiary/aromatic N) is 1. The molecule has 18 heavy (non-hydrogen) atoms. The maximum Gasteiger partial charge on any atom is 0.254 e. The summed E-state index contributed by atoms with van der Waals surface area (Å²) in [5.41, 5.74) is 0.106. The van der Waals surface area contributed by atoms with E-state index in [-0.39, 0.29) is 11.8 Å². The number of likely N-dealkylation sites (tertiary alicyclic amines) is 1. The fourth-order valence-electron chi connectivity index (χ4n) is 3.18. The van der Waals surface area contributed by atoms with E-state index in [1.807, 2.05) is 21.7 Å². The van der Waals surface area contributed by atoms with Crippen LogP contribution in [0.4, 0.5) is 0 Å². The molecule has 3 nitrogen and oxygen atoms in total. The first-order chi connectivity index (χ1) is 8.61. The van der Waals surface area contributed by atoms with Crippen molar-refractivity contribution in [3.8, 4) is 0 Å². The standard InChI is InChI=1S/C14H19NO2S/c1-10-7-15(13(16)11-5-6-18-8-11)9-14(10,17)12-3-2-4-12/h5-6,8,10,12,17H,2-4,7,9H2,1H3/t10-,14+/m1/s1. The van der Waals surface area contributed by atoms with Gasteiger partial charge in [-0.05, 0) is 30.2 Å². The van der Waals surface area contributed by atoms with Crippen molar-refractivity contribution < 1.29 is 9.90 Å². The van der Waals surface area contributed by atoms with Gasteiger partial charge in [0.05, 0.1) is 17.7 Å². The molecule has 1 aliphatic carbocycles. The highest BCUT2D eigenvalue weighted by molar-refractivity contribution is 7.08. The lowest BCUT2D eigenvalue weighted by molar-refractivity contribution is -0.0660. The molecule has 1 aromatic heterocycles. The predicted molar refractivity (Wildman–Crippen MR) is 71.7 cm³/mol. The third-order valence-corrected chi connectivity index (χ3v) is 5.34. The Balaban J connectivity index is 1.75. The molecule has 1 aromatic rings. The highest BCUT2D eigenvalue weighted by atomic mass is 32.1. The van der Waals surface area contributed by atoms with Crippen LogP contribution in [0.2, 0.25) is 0 Å². The van der Waals surface area contributed by atoms with Crippen LogP contribution >= 0.6 is 11.3 Å². The molecular formula is C14H19NO2S. The maximum absolute atomic E-state index is 12.3. The second kappa shape index (κ2) is 4.35. The van der Waals surface area contributed by atoms with E-state index < -0.39 is 5.60 Å². The zero-order valence-electron chi connectivity index (χ0n) is 10.6. The summed E-state index contributed by atoms with van der Waals surface area (Å²) in [5.74, 6) is 0.650. The summed E-state index contributed by atoms with van der Waals surface area (Å²) in [4.78, 5) is 14.1. The molecule has 1 amide bonds. The first-order valence-electron chi connectivity index (χ1n) is 6.65. The van der Waals surface area contributed by atoms with Gasteiger partial charge in [-0.1, -0.05) is 13.3 Å². The number of aliphatic hydroxyl groups is 1. The van der Waals surface area contributed by atoms with Gasteiger partial charge in [0.1, 0.15) is 0 Å². The molecule has 4 heteroatoms. The van der Waals surface area contributed by atoms with E-state index in [4.69, 9.17) is 0 Å². The van der Waals surface area contributed by atoms with E-state index >= 15 is 0 Å². The molecule has 2 heterocycles. The van der Waals surface area contributed by atoms with E-state index in [2.05, 4.69) is 6.92 Å². The molecule has 2 aliphatic rings. The van der Waals surface area contributed by atoms with Gasteiger partial charge < -0.3 is 10.0 Å². The molecule has 0 spiro atoms. The van der Waals surface area contributed by atoms with Crippen molar-refractivity contribution in [2.45, 2.75) is 31.8 Å². The number of hydrogen-bond donors (Lipinski definition) is 1. The number of carbonyl (C=O) groups excluding carboxylic acids is 1. The molecule has 0 bridgehead atoms. The Labute approximate surface area is 111 Å². The van der Waals surface area contributed by atoms with Gasteiger partial charge >= 0.3 is 0 Å².